The third kappa shape index (κ3) is 4.15. The first-order valence-electron chi connectivity index (χ1n) is 5.45. The van der Waals surface area contributed by atoms with Gasteiger partial charge in [-0.15, -0.1) is 0 Å². The molecule has 0 spiro atoms. The van der Waals surface area contributed by atoms with E-state index in [0.717, 1.165) is 13.0 Å². The Hall–Kier alpha value is -0.650. The molecule has 3 N–H and O–H groups in total. The summed E-state index contributed by atoms with van der Waals surface area (Å²) >= 11 is 0. The second kappa shape index (κ2) is 6.76. The Balaban J connectivity index is 2.08. The Morgan fingerprint density at radius 1 is 1.60 bits per heavy atom. The molecule has 1 aliphatic heterocycles. The highest BCUT2D eigenvalue weighted by molar-refractivity contribution is 5.79. The van der Waals surface area contributed by atoms with E-state index in [0.29, 0.717) is 19.8 Å². The maximum atomic E-state index is 11.6. The van der Waals surface area contributed by atoms with Gasteiger partial charge in [-0.1, -0.05) is 0 Å². The second-order valence-corrected chi connectivity index (χ2v) is 3.76. The van der Waals surface area contributed by atoms with Crippen molar-refractivity contribution in [3.63, 3.8) is 0 Å². The van der Waals surface area contributed by atoms with Crippen molar-refractivity contribution in [1.29, 1.82) is 0 Å². The first-order chi connectivity index (χ1) is 7.25. The average molecular weight is 216 g/mol. The maximum absolute atomic E-state index is 11.6. The fourth-order valence-electron chi connectivity index (χ4n) is 1.76. The van der Waals surface area contributed by atoms with Gasteiger partial charge in [-0.2, -0.15) is 0 Å². The molecular formula is C10H20N2O3. The molecule has 0 aromatic rings. The highest BCUT2D eigenvalue weighted by Gasteiger charge is 2.28. The molecule has 2 unspecified atom stereocenters. The third-order valence-electron chi connectivity index (χ3n) is 2.64. The van der Waals surface area contributed by atoms with E-state index >= 15 is 0 Å². The summed E-state index contributed by atoms with van der Waals surface area (Å²) in [6.07, 6.45) is 0.907. The summed E-state index contributed by atoms with van der Waals surface area (Å²) in [5, 5.41) is 14.5. The van der Waals surface area contributed by atoms with Gasteiger partial charge in [0.05, 0.1) is 25.7 Å². The summed E-state index contributed by atoms with van der Waals surface area (Å²) in [7, 11) is 0. The molecule has 1 saturated heterocycles. The largest absolute Gasteiger partial charge is 0.394 e. The predicted molar refractivity (Wildman–Crippen MR) is 56.5 cm³/mol. The molecule has 0 aliphatic carbocycles. The molecule has 0 bridgehead atoms. The lowest BCUT2D eigenvalue weighted by molar-refractivity contribution is -0.125. The number of ether oxygens (including phenoxy) is 1. The van der Waals surface area contributed by atoms with Crippen LogP contribution in [0.3, 0.4) is 0 Å². The van der Waals surface area contributed by atoms with Crippen LogP contribution in [0, 0.1) is 5.92 Å². The number of aliphatic hydroxyl groups is 1. The lowest BCUT2D eigenvalue weighted by Crippen LogP contribution is -2.38. The van der Waals surface area contributed by atoms with Crippen LogP contribution in [0.1, 0.15) is 13.3 Å². The van der Waals surface area contributed by atoms with Gasteiger partial charge in [0, 0.05) is 12.6 Å². The Morgan fingerprint density at radius 2 is 2.40 bits per heavy atom. The van der Waals surface area contributed by atoms with Gasteiger partial charge >= 0.3 is 0 Å². The first-order valence-corrected chi connectivity index (χ1v) is 5.45. The zero-order valence-corrected chi connectivity index (χ0v) is 9.16. The van der Waals surface area contributed by atoms with E-state index < -0.39 is 0 Å². The summed E-state index contributed by atoms with van der Waals surface area (Å²) in [5.41, 5.74) is 0. The standard InChI is InChI=1S/C10H20N2O3/c1-8-9(2-3-11-8)10(14)12-4-6-15-7-5-13/h8-9,11,13H,2-7H2,1H3,(H,12,14). The molecule has 2 atom stereocenters. The fraction of sp³-hybridized carbons (Fsp3) is 0.900. The van der Waals surface area contributed by atoms with Crippen LogP contribution in [0.15, 0.2) is 0 Å². The van der Waals surface area contributed by atoms with Gasteiger partial charge in [-0.25, -0.2) is 0 Å². The number of carbonyl (C=O) groups excluding carboxylic acids is 1. The molecule has 0 aromatic carbocycles. The number of rotatable bonds is 6. The topological polar surface area (TPSA) is 70.6 Å². The summed E-state index contributed by atoms with van der Waals surface area (Å²) in [4.78, 5) is 11.6. The van der Waals surface area contributed by atoms with Gasteiger partial charge in [-0.3, -0.25) is 4.79 Å². The van der Waals surface area contributed by atoms with Crippen molar-refractivity contribution in [2.75, 3.05) is 32.9 Å². The van der Waals surface area contributed by atoms with Gasteiger partial charge in [0.1, 0.15) is 0 Å². The molecule has 0 radical (unpaired) electrons. The summed E-state index contributed by atoms with van der Waals surface area (Å²) in [5.74, 6) is 0.183. The number of hydrogen-bond donors (Lipinski definition) is 3. The quantitative estimate of drug-likeness (QED) is 0.504. The van der Waals surface area contributed by atoms with Gasteiger partial charge in [-0.05, 0) is 19.9 Å². The van der Waals surface area contributed by atoms with Gasteiger partial charge in [0.25, 0.3) is 0 Å². The normalized spacial score (nSPS) is 25.5. The maximum Gasteiger partial charge on any atom is 0.224 e. The molecule has 1 fully saturated rings. The van der Waals surface area contributed by atoms with Crippen LogP contribution in [0.4, 0.5) is 0 Å². The van der Waals surface area contributed by atoms with Crippen LogP contribution in [0.2, 0.25) is 0 Å². The van der Waals surface area contributed by atoms with Crippen LogP contribution in [0.5, 0.6) is 0 Å². The minimum absolute atomic E-state index is 0.0253. The van der Waals surface area contributed by atoms with Crippen LogP contribution < -0.4 is 10.6 Å². The predicted octanol–water partition coefficient (Wildman–Crippen LogP) is -0.890. The van der Waals surface area contributed by atoms with E-state index in [1.54, 1.807) is 0 Å². The van der Waals surface area contributed by atoms with E-state index in [1.165, 1.54) is 0 Å². The van der Waals surface area contributed by atoms with E-state index in [-0.39, 0.29) is 24.5 Å². The van der Waals surface area contributed by atoms with Crippen molar-refractivity contribution in [3.05, 3.63) is 0 Å². The Kier molecular flexibility index (Phi) is 5.60. The highest BCUT2D eigenvalue weighted by Crippen LogP contribution is 2.14. The molecule has 1 rings (SSSR count). The van der Waals surface area contributed by atoms with Gasteiger partial charge in [0.15, 0.2) is 0 Å². The van der Waals surface area contributed by atoms with E-state index in [2.05, 4.69) is 10.6 Å². The highest BCUT2D eigenvalue weighted by atomic mass is 16.5. The monoisotopic (exact) mass is 216 g/mol. The molecule has 1 aliphatic rings. The van der Waals surface area contributed by atoms with Crippen LogP contribution in [-0.2, 0) is 9.53 Å². The SMILES string of the molecule is CC1NCCC1C(=O)NCCOCCO. The minimum Gasteiger partial charge on any atom is -0.394 e. The number of aliphatic hydroxyl groups excluding tert-OH is 1. The van der Waals surface area contributed by atoms with Crippen molar-refractivity contribution in [2.24, 2.45) is 5.92 Å². The van der Waals surface area contributed by atoms with Crippen LogP contribution in [0.25, 0.3) is 0 Å². The number of amides is 1. The summed E-state index contributed by atoms with van der Waals surface area (Å²) in [6.45, 7) is 4.28. The number of hydrogen-bond acceptors (Lipinski definition) is 4. The first kappa shape index (κ1) is 12.4. The molecule has 1 heterocycles. The molecule has 5 heteroatoms. The Bertz CT molecular complexity index is 199. The molecule has 0 aromatic heterocycles. The molecule has 1 amide bonds. The number of nitrogens with one attached hydrogen (secondary N) is 2. The Labute approximate surface area is 90.2 Å². The van der Waals surface area contributed by atoms with Gasteiger partial charge in [0.2, 0.25) is 5.91 Å². The van der Waals surface area contributed by atoms with Crippen LogP contribution >= 0.6 is 0 Å². The molecule has 15 heavy (non-hydrogen) atoms. The third-order valence-corrected chi connectivity index (χ3v) is 2.64. The van der Waals surface area contributed by atoms with Crippen molar-refractivity contribution in [1.82, 2.24) is 10.6 Å². The van der Waals surface area contributed by atoms with Crippen molar-refractivity contribution in [2.45, 2.75) is 19.4 Å². The van der Waals surface area contributed by atoms with Gasteiger partial charge < -0.3 is 20.5 Å². The lowest BCUT2D eigenvalue weighted by Gasteiger charge is -2.14. The zero-order chi connectivity index (χ0) is 11.1. The zero-order valence-electron chi connectivity index (χ0n) is 9.16. The molecule has 88 valence electrons. The molecular weight excluding hydrogens is 196 g/mol. The molecule has 5 nitrogen and oxygen atoms in total. The smallest absolute Gasteiger partial charge is 0.224 e. The Morgan fingerprint density at radius 3 is 3.00 bits per heavy atom. The van der Waals surface area contributed by atoms with E-state index in [9.17, 15) is 4.79 Å². The van der Waals surface area contributed by atoms with Crippen molar-refractivity contribution >= 4 is 5.91 Å². The summed E-state index contributed by atoms with van der Waals surface area (Å²) in [6, 6.07) is 0.267. The average Bonchev–Trinajstić information content (AvgIpc) is 2.64. The van der Waals surface area contributed by atoms with Crippen LogP contribution in [-0.4, -0.2) is 50.0 Å². The second-order valence-electron chi connectivity index (χ2n) is 3.76. The number of carbonyl (C=O) groups is 1. The van der Waals surface area contributed by atoms with Crippen molar-refractivity contribution in [3.8, 4) is 0 Å². The lowest BCUT2D eigenvalue weighted by atomic mass is 10.0. The van der Waals surface area contributed by atoms with E-state index in [1.807, 2.05) is 6.92 Å². The fourth-order valence-corrected chi connectivity index (χ4v) is 1.76. The van der Waals surface area contributed by atoms with E-state index in [4.69, 9.17) is 9.84 Å². The molecule has 0 saturated carbocycles. The minimum atomic E-state index is 0.0253. The summed E-state index contributed by atoms with van der Waals surface area (Å²) < 4.78 is 5.04. The van der Waals surface area contributed by atoms with Crippen molar-refractivity contribution < 1.29 is 14.6 Å².